The van der Waals surface area contributed by atoms with Gasteiger partial charge in [-0.2, -0.15) is 0 Å². The van der Waals surface area contributed by atoms with Crippen LogP contribution in [0.5, 0.6) is 0 Å². The molecule has 0 aliphatic carbocycles. The molecule has 0 amide bonds. The molecule has 1 aromatic carbocycles. The minimum atomic E-state index is 0.253. The SMILES string of the molecule is CCC(C)NCc1ccc(C(C)(C)C)cc1. The van der Waals surface area contributed by atoms with Crippen molar-refractivity contribution < 1.29 is 0 Å². The van der Waals surface area contributed by atoms with Gasteiger partial charge in [0.25, 0.3) is 0 Å². The Labute approximate surface area is 100 Å². The highest BCUT2D eigenvalue weighted by atomic mass is 14.9. The minimum absolute atomic E-state index is 0.253. The minimum Gasteiger partial charge on any atom is -0.310 e. The van der Waals surface area contributed by atoms with E-state index in [9.17, 15) is 0 Å². The number of nitrogens with one attached hydrogen (secondary N) is 1. The van der Waals surface area contributed by atoms with Gasteiger partial charge in [0.05, 0.1) is 0 Å². The largest absolute Gasteiger partial charge is 0.310 e. The second kappa shape index (κ2) is 5.49. The normalized spacial score (nSPS) is 13.8. The van der Waals surface area contributed by atoms with E-state index in [4.69, 9.17) is 0 Å². The van der Waals surface area contributed by atoms with Crippen molar-refractivity contribution in [3.63, 3.8) is 0 Å². The molecule has 1 N–H and O–H groups in total. The highest BCUT2D eigenvalue weighted by Crippen LogP contribution is 2.22. The molecule has 0 heterocycles. The summed E-state index contributed by atoms with van der Waals surface area (Å²) < 4.78 is 0. The molecule has 1 aromatic rings. The third kappa shape index (κ3) is 3.97. The first-order valence-electron chi connectivity index (χ1n) is 6.26. The fourth-order valence-electron chi connectivity index (χ4n) is 1.56. The predicted molar refractivity (Wildman–Crippen MR) is 71.7 cm³/mol. The van der Waals surface area contributed by atoms with Gasteiger partial charge in [0.1, 0.15) is 0 Å². The molecular formula is C15H25N. The van der Waals surface area contributed by atoms with Crippen LogP contribution in [0.2, 0.25) is 0 Å². The third-order valence-electron chi connectivity index (χ3n) is 3.09. The third-order valence-corrected chi connectivity index (χ3v) is 3.09. The second-order valence-corrected chi connectivity index (χ2v) is 5.64. The van der Waals surface area contributed by atoms with Crippen LogP contribution in [-0.4, -0.2) is 6.04 Å². The Morgan fingerprint density at radius 3 is 2.12 bits per heavy atom. The van der Waals surface area contributed by atoms with Crippen LogP contribution < -0.4 is 5.32 Å². The molecule has 0 aromatic heterocycles. The first-order chi connectivity index (χ1) is 7.43. The first kappa shape index (κ1) is 13.2. The monoisotopic (exact) mass is 219 g/mol. The molecular weight excluding hydrogens is 194 g/mol. The summed E-state index contributed by atoms with van der Waals surface area (Å²) in [5.74, 6) is 0. The second-order valence-electron chi connectivity index (χ2n) is 5.64. The Balaban J connectivity index is 2.58. The van der Waals surface area contributed by atoms with Gasteiger partial charge in [0.15, 0.2) is 0 Å². The summed E-state index contributed by atoms with van der Waals surface area (Å²) >= 11 is 0. The van der Waals surface area contributed by atoms with E-state index in [0.29, 0.717) is 6.04 Å². The molecule has 0 radical (unpaired) electrons. The first-order valence-corrected chi connectivity index (χ1v) is 6.26. The summed E-state index contributed by atoms with van der Waals surface area (Å²) in [6.45, 7) is 12.2. The fourth-order valence-corrected chi connectivity index (χ4v) is 1.56. The standard InChI is InChI=1S/C15H25N/c1-6-12(2)16-11-13-7-9-14(10-8-13)15(3,4)5/h7-10,12,16H,6,11H2,1-5H3. The van der Waals surface area contributed by atoms with Crippen molar-refractivity contribution >= 4 is 0 Å². The van der Waals surface area contributed by atoms with E-state index in [0.717, 1.165) is 6.54 Å². The van der Waals surface area contributed by atoms with Gasteiger partial charge in [0, 0.05) is 12.6 Å². The topological polar surface area (TPSA) is 12.0 Å². The number of hydrogen-bond acceptors (Lipinski definition) is 1. The Morgan fingerprint density at radius 2 is 1.69 bits per heavy atom. The Hall–Kier alpha value is -0.820. The van der Waals surface area contributed by atoms with Crippen molar-refractivity contribution in [2.24, 2.45) is 0 Å². The lowest BCUT2D eigenvalue weighted by molar-refractivity contribution is 0.533. The van der Waals surface area contributed by atoms with E-state index in [1.54, 1.807) is 0 Å². The molecule has 1 atom stereocenters. The van der Waals surface area contributed by atoms with Crippen molar-refractivity contribution in [3.8, 4) is 0 Å². The summed E-state index contributed by atoms with van der Waals surface area (Å²) in [6, 6.07) is 9.55. The summed E-state index contributed by atoms with van der Waals surface area (Å²) in [6.07, 6.45) is 1.18. The highest BCUT2D eigenvalue weighted by Gasteiger charge is 2.12. The van der Waals surface area contributed by atoms with Gasteiger partial charge in [-0.25, -0.2) is 0 Å². The maximum atomic E-state index is 3.51. The zero-order valence-electron chi connectivity index (χ0n) is 11.3. The van der Waals surface area contributed by atoms with Crippen molar-refractivity contribution in [3.05, 3.63) is 35.4 Å². The molecule has 1 unspecified atom stereocenters. The average molecular weight is 219 g/mol. The van der Waals surface area contributed by atoms with Crippen LogP contribution in [0.15, 0.2) is 24.3 Å². The van der Waals surface area contributed by atoms with Crippen LogP contribution in [0.25, 0.3) is 0 Å². The van der Waals surface area contributed by atoms with Crippen molar-refractivity contribution in [1.29, 1.82) is 0 Å². The lowest BCUT2D eigenvalue weighted by Gasteiger charge is -2.19. The highest BCUT2D eigenvalue weighted by molar-refractivity contribution is 5.27. The molecule has 0 spiro atoms. The van der Waals surface area contributed by atoms with Crippen LogP contribution in [0.3, 0.4) is 0 Å². The lowest BCUT2D eigenvalue weighted by Crippen LogP contribution is -2.24. The van der Waals surface area contributed by atoms with Crippen molar-refractivity contribution in [2.45, 2.75) is 59.0 Å². The van der Waals surface area contributed by atoms with Gasteiger partial charge < -0.3 is 5.32 Å². The smallest absolute Gasteiger partial charge is 0.0207 e. The molecule has 0 fully saturated rings. The van der Waals surface area contributed by atoms with Crippen molar-refractivity contribution in [2.75, 3.05) is 0 Å². The molecule has 16 heavy (non-hydrogen) atoms. The molecule has 0 aliphatic heterocycles. The molecule has 0 saturated carbocycles. The van der Waals surface area contributed by atoms with Gasteiger partial charge in [0.2, 0.25) is 0 Å². The van der Waals surface area contributed by atoms with Gasteiger partial charge >= 0.3 is 0 Å². The summed E-state index contributed by atoms with van der Waals surface area (Å²) in [7, 11) is 0. The van der Waals surface area contributed by atoms with E-state index in [1.165, 1.54) is 17.5 Å². The predicted octanol–water partition coefficient (Wildman–Crippen LogP) is 3.87. The Morgan fingerprint density at radius 1 is 1.12 bits per heavy atom. The average Bonchev–Trinajstić information content (AvgIpc) is 2.25. The van der Waals surface area contributed by atoms with E-state index in [-0.39, 0.29) is 5.41 Å². The van der Waals surface area contributed by atoms with Crippen LogP contribution in [-0.2, 0) is 12.0 Å². The van der Waals surface area contributed by atoms with E-state index in [2.05, 4.69) is 64.2 Å². The lowest BCUT2D eigenvalue weighted by atomic mass is 9.87. The number of benzene rings is 1. The van der Waals surface area contributed by atoms with Crippen LogP contribution in [0.1, 0.15) is 52.2 Å². The van der Waals surface area contributed by atoms with Crippen molar-refractivity contribution in [1.82, 2.24) is 5.32 Å². The molecule has 0 saturated heterocycles. The number of hydrogen-bond donors (Lipinski definition) is 1. The van der Waals surface area contributed by atoms with Gasteiger partial charge in [-0.1, -0.05) is 52.0 Å². The van der Waals surface area contributed by atoms with Gasteiger partial charge in [-0.05, 0) is 29.9 Å². The van der Waals surface area contributed by atoms with Gasteiger partial charge in [-0.15, -0.1) is 0 Å². The van der Waals surface area contributed by atoms with E-state index < -0.39 is 0 Å². The van der Waals surface area contributed by atoms with Crippen LogP contribution >= 0.6 is 0 Å². The fraction of sp³-hybridized carbons (Fsp3) is 0.600. The molecule has 0 bridgehead atoms. The molecule has 1 heteroatoms. The molecule has 0 aliphatic rings. The summed E-state index contributed by atoms with van der Waals surface area (Å²) in [5, 5.41) is 3.51. The summed E-state index contributed by atoms with van der Waals surface area (Å²) in [4.78, 5) is 0. The molecule has 1 rings (SSSR count). The quantitative estimate of drug-likeness (QED) is 0.810. The maximum Gasteiger partial charge on any atom is 0.0207 e. The summed E-state index contributed by atoms with van der Waals surface area (Å²) in [5.41, 5.74) is 3.02. The molecule has 90 valence electrons. The zero-order valence-corrected chi connectivity index (χ0v) is 11.3. The number of rotatable bonds is 4. The van der Waals surface area contributed by atoms with Crippen LogP contribution in [0, 0.1) is 0 Å². The molecule has 1 nitrogen and oxygen atoms in total. The zero-order chi connectivity index (χ0) is 12.2. The maximum absolute atomic E-state index is 3.51. The Bertz CT molecular complexity index is 305. The van der Waals surface area contributed by atoms with Gasteiger partial charge in [-0.3, -0.25) is 0 Å². The van der Waals surface area contributed by atoms with E-state index in [1.807, 2.05) is 0 Å². The Kier molecular flexibility index (Phi) is 4.55. The van der Waals surface area contributed by atoms with E-state index >= 15 is 0 Å². The van der Waals surface area contributed by atoms with Crippen LogP contribution in [0.4, 0.5) is 0 Å².